The number of amides is 1. The van der Waals surface area contributed by atoms with Crippen molar-refractivity contribution in [2.45, 2.75) is 82.2 Å². The van der Waals surface area contributed by atoms with E-state index in [0.29, 0.717) is 4.05 Å². The van der Waals surface area contributed by atoms with Crippen LogP contribution in [0.2, 0.25) is 0 Å². The van der Waals surface area contributed by atoms with Crippen LogP contribution >= 0.6 is 0 Å². The molecule has 28 heavy (non-hydrogen) atoms. The predicted molar refractivity (Wildman–Crippen MR) is 107 cm³/mol. The van der Waals surface area contributed by atoms with Gasteiger partial charge in [-0.1, -0.05) is 0 Å². The van der Waals surface area contributed by atoms with E-state index in [4.69, 9.17) is 14.0 Å². The molecule has 0 aromatic heterocycles. The molecule has 1 amide bonds. The summed E-state index contributed by atoms with van der Waals surface area (Å²) in [4.78, 5) is 14.4. The maximum absolute atomic E-state index is 12.5. The van der Waals surface area contributed by atoms with Gasteiger partial charge in [0.25, 0.3) is 0 Å². The van der Waals surface area contributed by atoms with Crippen LogP contribution in [0, 0.1) is 3.57 Å². The molecule has 0 N–H and O–H groups in total. The summed E-state index contributed by atoms with van der Waals surface area (Å²) in [5.74, 6) is 0. The Bertz CT molecular complexity index is 698. The molecular weight excluding hydrogens is 468 g/mol. The average molecular weight is 500 g/mol. The normalized spacial score (nSPS) is 24.0. The summed E-state index contributed by atoms with van der Waals surface area (Å²) < 4.78 is 19.5. The molecule has 5 nitrogen and oxygen atoms in total. The van der Waals surface area contributed by atoms with Crippen LogP contribution in [0.25, 0.3) is 0 Å². The quantitative estimate of drug-likeness (QED) is 0.264. The molecular formula is C21H32BINO4-. The summed E-state index contributed by atoms with van der Waals surface area (Å²) in [6.45, 7) is 14.8. The molecule has 0 radical (unpaired) electrons. The molecule has 1 atom stereocenters. The van der Waals surface area contributed by atoms with Crippen molar-refractivity contribution >= 4 is 18.7 Å². The van der Waals surface area contributed by atoms with Gasteiger partial charge in [0, 0.05) is 0 Å². The first-order valence-corrected chi connectivity index (χ1v) is 12.3. The van der Waals surface area contributed by atoms with Crippen molar-refractivity contribution in [3.8, 4) is 0 Å². The van der Waals surface area contributed by atoms with Crippen molar-refractivity contribution in [1.29, 1.82) is 0 Å². The molecule has 1 aromatic carbocycles. The minimum atomic E-state index is -0.451. The van der Waals surface area contributed by atoms with Crippen LogP contribution in [0.5, 0.6) is 0 Å². The van der Waals surface area contributed by atoms with E-state index in [0.717, 1.165) is 24.8 Å². The summed E-state index contributed by atoms with van der Waals surface area (Å²) in [7, 11) is -0.331. The van der Waals surface area contributed by atoms with E-state index in [2.05, 4.69) is 52.0 Å². The Balaban J connectivity index is 1.64. The molecule has 0 unspecified atom stereocenters. The molecule has 2 fully saturated rings. The summed E-state index contributed by atoms with van der Waals surface area (Å²) in [6.07, 6.45) is 1.93. The van der Waals surface area contributed by atoms with E-state index < -0.39 is 5.60 Å². The van der Waals surface area contributed by atoms with Crippen LogP contribution in [0.3, 0.4) is 0 Å². The molecule has 3 rings (SSSR count). The van der Waals surface area contributed by atoms with Crippen molar-refractivity contribution in [2.75, 3.05) is 6.54 Å². The van der Waals surface area contributed by atoms with Gasteiger partial charge in [0.05, 0.1) is 0 Å². The van der Waals surface area contributed by atoms with E-state index >= 15 is 0 Å². The van der Waals surface area contributed by atoms with Crippen LogP contribution < -0.4 is 26.7 Å². The number of ether oxygens (including phenoxy) is 1. The third-order valence-electron chi connectivity index (χ3n) is 5.45. The third-order valence-corrected chi connectivity index (χ3v) is 8.91. The number of halogens is 1. The Morgan fingerprint density at radius 2 is 1.71 bits per heavy atom. The maximum atomic E-state index is 12.5. The molecule has 156 valence electrons. The summed E-state index contributed by atoms with van der Waals surface area (Å²) in [6, 6.07) is 8.53. The van der Waals surface area contributed by atoms with Crippen molar-refractivity contribution in [1.82, 2.24) is 4.90 Å². The second kappa shape index (κ2) is 7.80. The topological polar surface area (TPSA) is 48.0 Å². The van der Waals surface area contributed by atoms with E-state index in [-0.39, 0.29) is 45.6 Å². The molecule has 0 saturated carbocycles. The van der Waals surface area contributed by atoms with Gasteiger partial charge in [0.15, 0.2) is 0 Å². The van der Waals surface area contributed by atoms with E-state index in [1.165, 1.54) is 3.57 Å². The van der Waals surface area contributed by atoms with Gasteiger partial charge in [-0.05, 0) is 0 Å². The van der Waals surface area contributed by atoms with Crippen LogP contribution in [0.4, 0.5) is 4.79 Å². The van der Waals surface area contributed by atoms with Crippen molar-refractivity contribution < 1.29 is 40.0 Å². The number of hydrogen-bond acceptors (Lipinski definition) is 4. The van der Waals surface area contributed by atoms with Crippen LogP contribution in [0.1, 0.15) is 61.3 Å². The summed E-state index contributed by atoms with van der Waals surface area (Å²) in [5, 5.41) is 0. The first-order valence-electron chi connectivity index (χ1n) is 9.97. The first-order chi connectivity index (χ1) is 12.9. The van der Waals surface area contributed by atoms with Gasteiger partial charge in [-0.15, -0.1) is 0 Å². The number of hydrogen-bond donors (Lipinski definition) is 0. The number of rotatable bonds is 3. The Hall–Kier alpha value is -0.795. The number of nitrogens with zero attached hydrogens (tertiary/aromatic N) is 1. The van der Waals surface area contributed by atoms with Crippen molar-refractivity contribution in [2.24, 2.45) is 0 Å². The molecule has 2 saturated heterocycles. The number of carbonyl (C=O) groups is 1. The first kappa shape index (κ1) is 21.9. The summed E-state index contributed by atoms with van der Waals surface area (Å²) in [5.41, 5.74) is -0.0726. The van der Waals surface area contributed by atoms with Gasteiger partial charge in [-0.25, -0.2) is 0 Å². The van der Waals surface area contributed by atoms with Gasteiger partial charge in [0.1, 0.15) is 0 Å². The number of carbonyl (C=O) groups excluding carboxylic acids is 1. The van der Waals surface area contributed by atoms with E-state index in [1.807, 2.05) is 25.7 Å². The van der Waals surface area contributed by atoms with Crippen LogP contribution in [0.15, 0.2) is 24.3 Å². The van der Waals surface area contributed by atoms with Gasteiger partial charge in [0.2, 0.25) is 0 Å². The minimum absolute atomic E-state index is 0.177. The fraction of sp³-hybridized carbons (Fsp3) is 0.667. The SMILES string of the molecule is CC(C)(C)OC(=O)N1CCC[C@H]1[I-]c1ccc(B2OC(C)(C)C(C)(C)O2)cc1. The molecule has 2 heterocycles. The monoisotopic (exact) mass is 500 g/mol. The van der Waals surface area contributed by atoms with Crippen molar-refractivity contribution in [3.05, 3.63) is 27.8 Å². The number of likely N-dealkylation sites (tertiary alicyclic amines) is 1. The Kier molecular flexibility index (Phi) is 6.10. The standard InChI is InChI=1S/C21H32BINO4/c1-19(2,3)26-18(25)24-14-8-9-17(24)23-16-12-10-15(11-13-16)22-27-20(4,5)21(6,7)28-22/h10-13,17H,8-9,14H2,1-7H3/q-1/t17-/m0/s1. The van der Waals surface area contributed by atoms with Crippen LogP contribution in [-0.2, 0) is 14.0 Å². The zero-order valence-corrected chi connectivity index (χ0v) is 20.2. The zero-order chi connectivity index (χ0) is 20.7. The number of benzene rings is 1. The second-order valence-electron chi connectivity index (χ2n) is 9.50. The van der Waals surface area contributed by atoms with Gasteiger partial charge < -0.3 is 0 Å². The molecule has 2 aliphatic rings. The second-order valence-corrected chi connectivity index (χ2v) is 12.8. The van der Waals surface area contributed by atoms with Crippen LogP contribution in [-0.4, -0.2) is 45.5 Å². The molecule has 1 aromatic rings. The van der Waals surface area contributed by atoms with E-state index in [9.17, 15) is 4.79 Å². The fourth-order valence-corrected chi connectivity index (χ4v) is 6.38. The van der Waals surface area contributed by atoms with E-state index in [1.54, 1.807) is 0 Å². The van der Waals surface area contributed by atoms with Gasteiger partial charge in [-0.2, -0.15) is 0 Å². The van der Waals surface area contributed by atoms with Crippen molar-refractivity contribution in [3.63, 3.8) is 0 Å². The molecule has 0 bridgehead atoms. The fourth-order valence-electron chi connectivity index (χ4n) is 3.18. The van der Waals surface area contributed by atoms with Gasteiger partial charge in [-0.3, -0.25) is 0 Å². The molecule has 2 aliphatic heterocycles. The molecule has 0 aliphatic carbocycles. The zero-order valence-electron chi connectivity index (χ0n) is 18.0. The Morgan fingerprint density at radius 1 is 1.14 bits per heavy atom. The Morgan fingerprint density at radius 3 is 2.25 bits per heavy atom. The number of alkyl halides is 1. The summed E-state index contributed by atoms with van der Waals surface area (Å²) >= 11 is -0.314. The molecule has 0 spiro atoms. The molecule has 7 heteroatoms. The average Bonchev–Trinajstić information content (AvgIpc) is 3.09. The Labute approximate surface area is 179 Å². The van der Waals surface area contributed by atoms with Gasteiger partial charge >= 0.3 is 180 Å². The predicted octanol–water partition coefficient (Wildman–Crippen LogP) is 0.601. The third kappa shape index (κ3) is 4.85.